The van der Waals surface area contributed by atoms with Crippen molar-refractivity contribution in [3.63, 3.8) is 0 Å². The first-order valence-electron chi connectivity index (χ1n) is 7.17. The zero-order valence-electron chi connectivity index (χ0n) is 13.6. The van der Waals surface area contributed by atoms with Crippen LogP contribution in [0.1, 0.15) is 27.0 Å². The Bertz CT molecular complexity index is 763. The van der Waals surface area contributed by atoms with Crippen molar-refractivity contribution in [2.24, 2.45) is 0 Å². The molecule has 2 aromatic carbocycles. The van der Waals surface area contributed by atoms with E-state index in [0.717, 1.165) is 16.7 Å². The van der Waals surface area contributed by atoms with Crippen LogP contribution in [-0.2, 0) is 0 Å². The number of carbonyl (C=O) groups is 1. The van der Waals surface area contributed by atoms with E-state index in [2.05, 4.69) is 0 Å². The normalized spacial score (nSPS) is 10.8. The predicted molar refractivity (Wildman–Crippen MR) is 93.8 cm³/mol. The molecule has 0 bridgehead atoms. The van der Waals surface area contributed by atoms with Crippen LogP contribution in [0.4, 0.5) is 0 Å². The van der Waals surface area contributed by atoms with Crippen LogP contribution in [0.3, 0.4) is 0 Å². The maximum absolute atomic E-state index is 12.3. The van der Waals surface area contributed by atoms with Gasteiger partial charge in [-0.05, 0) is 54.8 Å². The van der Waals surface area contributed by atoms with Crippen LogP contribution in [0.2, 0.25) is 5.02 Å². The first-order valence-corrected chi connectivity index (χ1v) is 7.55. The van der Waals surface area contributed by atoms with Gasteiger partial charge >= 0.3 is 0 Å². The maximum Gasteiger partial charge on any atom is 0.185 e. The number of hydrogen-bond acceptors (Lipinski definition) is 3. The van der Waals surface area contributed by atoms with E-state index >= 15 is 0 Å². The minimum Gasteiger partial charge on any atom is -0.493 e. The highest BCUT2D eigenvalue weighted by Crippen LogP contribution is 2.36. The van der Waals surface area contributed by atoms with Gasteiger partial charge in [0.2, 0.25) is 0 Å². The van der Waals surface area contributed by atoms with Gasteiger partial charge in [0.1, 0.15) is 0 Å². The van der Waals surface area contributed by atoms with Crippen LogP contribution in [0.25, 0.3) is 6.08 Å². The van der Waals surface area contributed by atoms with Crippen molar-refractivity contribution in [1.29, 1.82) is 0 Å². The number of allylic oxidation sites excluding steroid dienone is 1. The average Bonchev–Trinajstić information content (AvgIpc) is 2.54. The molecule has 0 radical (unpaired) electrons. The molecule has 0 spiro atoms. The van der Waals surface area contributed by atoms with Crippen molar-refractivity contribution >= 4 is 23.5 Å². The second-order valence-electron chi connectivity index (χ2n) is 5.23. The predicted octanol–water partition coefficient (Wildman–Crippen LogP) is 4.87. The van der Waals surface area contributed by atoms with Crippen molar-refractivity contribution in [2.45, 2.75) is 13.8 Å². The molecule has 23 heavy (non-hydrogen) atoms. The Morgan fingerprint density at radius 3 is 2.39 bits per heavy atom. The number of hydrogen-bond donors (Lipinski definition) is 0. The van der Waals surface area contributed by atoms with Gasteiger partial charge in [0.25, 0.3) is 0 Å². The number of aryl methyl sites for hydroxylation is 2. The Hall–Kier alpha value is -2.26. The number of rotatable bonds is 5. The fourth-order valence-electron chi connectivity index (χ4n) is 2.20. The molecule has 0 saturated heterocycles. The van der Waals surface area contributed by atoms with Gasteiger partial charge in [-0.1, -0.05) is 29.8 Å². The summed E-state index contributed by atoms with van der Waals surface area (Å²) in [6.45, 7) is 4.01. The summed E-state index contributed by atoms with van der Waals surface area (Å²) in [7, 11) is 3.07. The standard InChI is InChI=1S/C19H19ClO3/c1-12-5-7-15(9-13(12)2)17(21)8-6-14-10-16(20)19(23-4)18(11-14)22-3/h5-11H,1-4H3/b8-6+. The monoisotopic (exact) mass is 330 g/mol. The number of ketones is 1. The van der Waals surface area contributed by atoms with Gasteiger partial charge in [-0.15, -0.1) is 0 Å². The Morgan fingerprint density at radius 2 is 1.78 bits per heavy atom. The third-order valence-corrected chi connectivity index (χ3v) is 3.96. The summed E-state index contributed by atoms with van der Waals surface area (Å²) >= 11 is 6.16. The van der Waals surface area contributed by atoms with Crippen LogP contribution in [-0.4, -0.2) is 20.0 Å². The molecule has 0 aliphatic rings. The van der Waals surface area contributed by atoms with E-state index in [1.54, 1.807) is 25.3 Å². The van der Waals surface area contributed by atoms with Gasteiger partial charge in [-0.3, -0.25) is 4.79 Å². The van der Waals surface area contributed by atoms with Crippen molar-refractivity contribution in [3.05, 3.63) is 63.7 Å². The molecule has 0 saturated carbocycles. The third kappa shape index (κ3) is 3.93. The van der Waals surface area contributed by atoms with E-state index in [-0.39, 0.29) is 5.78 Å². The van der Waals surface area contributed by atoms with Crippen LogP contribution in [0.5, 0.6) is 11.5 Å². The van der Waals surface area contributed by atoms with Crippen molar-refractivity contribution < 1.29 is 14.3 Å². The highest BCUT2D eigenvalue weighted by molar-refractivity contribution is 6.32. The Labute approximate surface area is 141 Å². The lowest BCUT2D eigenvalue weighted by atomic mass is 10.0. The number of methoxy groups -OCH3 is 2. The van der Waals surface area contributed by atoms with Crippen LogP contribution in [0.15, 0.2) is 36.4 Å². The smallest absolute Gasteiger partial charge is 0.185 e. The molecule has 0 amide bonds. The highest BCUT2D eigenvalue weighted by atomic mass is 35.5. The molecule has 0 atom stereocenters. The first kappa shape index (κ1) is 17.1. The SMILES string of the molecule is COc1cc(/C=C/C(=O)c2ccc(C)c(C)c2)cc(Cl)c1OC. The molecule has 0 heterocycles. The molecule has 0 aliphatic carbocycles. The van der Waals surface area contributed by atoms with Crippen LogP contribution in [0, 0.1) is 13.8 Å². The van der Waals surface area contributed by atoms with Gasteiger partial charge in [0.15, 0.2) is 17.3 Å². The van der Waals surface area contributed by atoms with Crippen LogP contribution < -0.4 is 9.47 Å². The van der Waals surface area contributed by atoms with Crippen molar-refractivity contribution in [3.8, 4) is 11.5 Å². The third-order valence-electron chi connectivity index (χ3n) is 3.67. The Kier molecular flexibility index (Phi) is 5.45. The van der Waals surface area contributed by atoms with Gasteiger partial charge in [-0.2, -0.15) is 0 Å². The summed E-state index contributed by atoms with van der Waals surface area (Å²) in [5.41, 5.74) is 3.69. The van der Waals surface area contributed by atoms with E-state index in [9.17, 15) is 4.79 Å². The number of carbonyl (C=O) groups excluding carboxylic acids is 1. The van der Waals surface area contributed by atoms with Gasteiger partial charge < -0.3 is 9.47 Å². The number of benzene rings is 2. The summed E-state index contributed by atoms with van der Waals surface area (Å²) in [5, 5.41) is 0.435. The summed E-state index contributed by atoms with van der Waals surface area (Å²) < 4.78 is 10.4. The molecule has 2 aromatic rings. The molecule has 2 rings (SSSR count). The minimum atomic E-state index is -0.0565. The highest BCUT2D eigenvalue weighted by Gasteiger charge is 2.10. The number of halogens is 1. The molecular weight excluding hydrogens is 312 g/mol. The topological polar surface area (TPSA) is 35.5 Å². The molecule has 3 nitrogen and oxygen atoms in total. The summed E-state index contributed by atoms with van der Waals surface area (Å²) in [6, 6.07) is 9.17. The van der Waals surface area contributed by atoms with Gasteiger partial charge in [0, 0.05) is 5.56 Å². The van der Waals surface area contributed by atoms with Crippen LogP contribution >= 0.6 is 11.6 Å². The minimum absolute atomic E-state index is 0.0565. The van der Waals surface area contributed by atoms with E-state index in [4.69, 9.17) is 21.1 Å². The second-order valence-corrected chi connectivity index (χ2v) is 5.64. The van der Waals surface area contributed by atoms with E-state index in [0.29, 0.717) is 22.1 Å². The van der Waals surface area contributed by atoms with Crippen molar-refractivity contribution in [2.75, 3.05) is 14.2 Å². The van der Waals surface area contributed by atoms with Crippen molar-refractivity contribution in [1.82, 2.24) is 0 Å². The zero-order valence-corrected chi connectivity index (χ0v) is 14.4. The lowest BCUT2D eigenvalue weighted by molar-refractivity contribution is 0.104. The molecule has 0 fully saturated rings. The molecule has 0 aliphatic heterocycles. The maximum atomic E-state index is 12.3. The van der Waals surface area contributed by atoms with E-state index in [1.807, 2.05) is 32.0 Å². The molecule has 4 heteroatoms. The molecular formula is C19H19ClO3. The fourth-order valence-corrected chi connectivity index (χ4v) is 2.49. The summed E-state index contributed by atoms with van der Waals surface area (Å²) in [6.07, 6.45) is 3.24. The van der Waals surface area contributed by atoms with Gasteiger partial charge in [0.05, 0.1) is 19.2 Å². The summed E-state index contributed by atoms with van der Waals surface area (Å²) in [4.78, 5) is 12.3. The second kappa shape index (κ2) is 7.34. The quantitative estimate of drug-likeness (QED) is 0.579. The number of ether oxygens (including phenoxy) is 2. The Balaban J connectivity index is 2.27. The Morgan fingerprint density at radius 1 is 1.04 bits per heavy atom. The molecule has 0 aromatic heterocycles. The molecule has 0 unspecified atom stereocenters. The summed E-state index contributed by atoms with van der Waals surface area (Å²) in [5.74, 6) is 0.948. The van der Waals surface area contributed by atoms with E-state index in [1.165, 1.54) is 13.2 Å². The molecule has 120 valence electrons. The van der Waals surface area contributed by atoms with E-state index < -0.39 is 0 Å². The largest absolute Gasteiger partial charge is 0.493 e. The fraction of sp³-hybridized carbons (Fsp3) is 0.211. The lowest BCUT2D eigenvalue weighted by Crippen LogP contribution is -1.96. The molecule has 0 N–H and O–H groups in total. The lowest BCUT2D eigenvalue weighted by Gasteiger charge is -2.10. The van der Waals surface area contributed by atoms with Gasteiger partial charge in [-0.25, -0.2) is 0 Å². The first-order chi connectivity index (χ1) is 11.0. The average molecular weight is 331 g/mol. The zero-order chi connectivity index (χ0) is 17.0.